The number of hydrogen-bond acceptors (Lipinski definition) is 14. The number of benzene rings is 2. The first-order valence-electron chi connectivity index (χ1n) is 50.1. The van der Waals surface area contributed by atoms with Gasteiger partial charge >= 0.3 is 61.6 Å². The number of esters is 4. The summed E-state index contributed by atoms with van der Waals surface area (Å²) in [4.78, 5) is 50.7. The Hall–Kier alpha value is -3.64. The zero-order chi connectivity index (χ0) is 87.2. The van der Waals surface area contributed by atoms with Crippen molar-refractivity contribution < 1.29 is 64.1 Å². The second kappa shape index (κ2) is 88.4. The number of hydrogen-bond donors (Lipinski definition) is 0. The molecule has 0 radical (unpaired) electrons. The number of carbonyl (C=O) groups excluding carboxylic acids is 4. The number of allylic oxidation sites excluding steroid dienone is 8. The summed E-state index contributed by atoms with van der Waals surface area (Å²) in [6, 6.07) is 6.30. The van der Waals surface area contributed by atoms with Crippen molar-refractivity contribution in [2.75, 3.05) is 26.4 Å². The Kier molecular flexibility index (Phi) is 85.7. The molecule has 0 saturated carbocycles. The Morgan fingerprint density at radius 1 is 0.223 bits per heavy atom. The van der Waals surface area contributed by atoms with Crippen LogP contribution in [0, 0.1) is 0 Å². The Bertz CT molecular complexity index is 2880. The van der Waals surface area contributed by atoms with Crippen LogP contribution in [0.3, 0.4) is 0 Å². The molecule has 0 aliphatic carbocycles. The van der Waals surface area contributed by atoms with E-state index in [1.807, 2.05) is 0 Å². The molecule has 14 nitrogen and oxygen atoms in total. The molecule has 0 aliphatic heterocycles. The van der Waals surface area contributed by atoms with E-state index in [-0.39, 0.29) is 86.4 Å². The molecule has 692 valence electrons. The summed E-state index contributed by atoms with van der Waals surface area (Å²) >= 11 is 0. The predicted octanol–water partition coefficient (Wildman–Crippen LogP) is 31.8. The first-order valence-corrected chi connectivity index (χ1v) is 52.9. The fourth-order valence-corrected chi connectivity index (χ4v) is 16.2. The average molecular weight is 1760 g/mol. The summed E-state index contributed by atoms with van der Waals surface area (Å²) in [5.41, 5.74) is -0.671. The van der Waals surface area contributed by atoms with Gasteiger partial charge in [0.25, 0.3) is 0 Å². The van der Waals surface area contributed by atoms with Crippen molar-refractivity contribution in [3.05, 3.63) is 107 Å². The van der Waals surface area contributed by atoms with Gasteiger partial charge in [-0.15, -0.1) is 0 Å². The molecule has 0 heterocycles. The van der Waals surface area contributed by atoms with Crippen LogP contribution < -0.4 is 0 Å². The molecule has 0 saturated heterocycles. The van der Waals surface area contributed by atoms with Crippen LogP contribution in [0.2, 0.25) is 0 Å². The summed E-state index contributed by atoms with van der Waals surface area (Å²) < 4.78 is 91.9. The van der Waals surface area contributed by atoms with Gasteiger partial charge in [-0.3, -0.25) is 0 Å². The minimum atomic E-state index is -4.82. The Labute approximate surface area is 773 Å². The second-order valence-corrected chi connectivity index (χ2v) is 37.0. The molecule has 121 heavy (non-hydrogen) atoms. The normalized spacial score (nSPS) is 11.8. The third-order valence-corrected chi connectivity index (χ3v) is 24.7. The minimum absolute atomic E-state index is 0. The molecule has 2 aromatic carbocycles. The fraction of sp³-hybridized carbons (Fsp3) is 0.769. The standard InChI is InChI=1S/2C52H90O7S.Ca/c2*1-3-5-7-9-11-13-15-17-19-21-23-25-27-29-31-33-35-37-39-41-45-58-51(53)49-44-43-48(60(55,56)57)47-50(49)52(54)59-46-42-40-38-36-34-32-30-28-26-24-22-20-18-16-14-12-10-8-6-4-2;/h2*17-20,43-44,47H,3-16,21-42,45-46H2,1-2H3,(H,55,56,57);/q;;+2/p-2/b2*19-17+,20-18+;. The number of carbonyl (C=O) groups is 4. The Balaban J connectivity index is 0.00000236. The largest absolute Gasteiger partial charge is 2.00 e. The van der Waals surface area contributed by atoms with Gasteiger partial charge in [0.1, 0.15) is 20.2 Å². The van der Waals surface area contributed by atoms with Gasteiger partial charge in [-0.05, 0) is 165 Å². The Morgan fingerprint density at radius 2 is 0.364 bits per heavy atom. The molecule has 0 atom stereocenters. The Morgan fingerprint density at radius 3 is 0.521 bits per heavy atom. The van der Waals surface area contributed by atoms with E-state index in [4.69, 9.17) is 18.9 Å². The molecule has 0 aliphatic rings. The van der Waals surface area contributed by atoms with Crippen molar-refractivity contribution in [1.82, 2.24) is 0 Å². The van der Waals surface area contributed by atoms with Crippen LogP contribution in [0.1, 0.15) is 531 Å². The van der Waals surface area contributed by atoms with E-state index in [2.05, 4.69) is 76.3 Å². The van der Waals surface area contributed by atoms with E-state index in [9.17, 15) is 45.1 Å². The SMILES string of the molecule is CCCCCCCC/C=C/CCCCCCCCCCCCOC(=O)c1ccc(S(=O)(=O)[O-])cc1C(=O)OCCCCCCCCCCCC/C=C/CCCCCCCC.CCCCCCCC/C=C/CCCCCCCCCCCCOC(=O)c1ccc(S(=O)(=O)[O-])cc1C(=O)OCCCCCCCCCCCC/C=C/CCCCCCCC.[Ca+2]. The molecule has 2 aromatic rings. The summed E-state index contributed by atoms with van der Waals surface area (Å²) in [7, 11) is -9.64. The van der Waals surface area contributed by atoms with Crippen LogP contribution in [0.15, 0.2) is 94.8 Å². The van der Waals surface area contributed by atoms with Crippen LogP contribution in [-0.2, 0) is 39.2 Å². The second-order valence-electron chi connectivity index (χ2n) is 34.3. The fourth-order valence-electron chi connectivity index (χ4n) is 15.2. The number of ether oxygens (including phenoxy) is 4. The maximum Gasteiger partial charge on any atom is 2.00 e. The quantitative estimate of drug-likeness (QED) is 0.0150. The van der Waals surface area contributed by atoms with Gasteiger partial charge in [-0.25, -0.2) is 36.0 Å². The van der Waals surface area contributed by atoms with Crippen LogP contribution in [0.4, 0.5) is 0 Å². The average Bonchev–Trinajstić information content (AvgIpc) is 0.813. The molecule has 0 bridgehead atoms. The van der Waals surface area contributed by atoms with Gasteiger partial charge in [-0.1, -0.05) is 410 Å². The van der Waals surface area contributed by atoms with Crippen molar-refractivity contribution in [3.63, 3.8) is 0 Å². The molecule has 0 spiro atoms. The summed E-state index contributed by atoms with van der Waals surface area (Å²) in [5.74, 6) is -3.09. The zero-order valence-corrected chi connectivity index (χ0v) is 81.9. The van der Waals surface area contributed by atoms with Gasteiger partial charge in [0.15, 0.2) is 0 Å². The van der Waals surface area contributed by atoms with Gasteiger partial charge in [-0.2, -0.15) is 0 Å². The minimum Gasteiger partial charge on any atom is -0.744 e. The van der Waals surface area contributed by atoms with E-state index in [0.29, 0.717) is 25.7 Å². The third kappa shape index (κ3) is 75.1. The van der Waals surface area contributed by atoms with Crippen molar-refractivity contribution in [3.8, 4) is 0 Å². The molecule has 0 aromatic heterocycles. The maximum absolute atomic E-state index is 13.0. The topological polar surface area (TPSA) is 220 Å². The number of rotatable bonds is 86. The molecular formula is C104H178CaO14S2. The van der Waals surface area contributed by atoms with Crippen molar-refractivity contribution in [2.45, 2.75) is 500 Å². The van der Waals surface area contributed by atoms with Crippen molar-refractivity contribution in [1.29, 1.82) is 0 Å². The summed E-state index contributed by atoms with van der Waals surface area (Å²) in [6.45, 7) is 9.79. The molecule has 0 fully saturated rings. The first kappa shape index (κ1) is 117. The third-order valence-electron chi connectivity index (χ3n) is 23.0. The van der Waals surface area contributed by atoms with Crippen LogP contribution >= 0.6 is 0 Å². The first-order chi connectivity index (χ1) is 58.6. The smallest absolute Gasteiger partial charge is 0.744 e. The van der Waals surface area contributed by atoms with E-state index < -0.39 is 53.9 Å². The van der Waals surface area contributed by atoms with Gasteiger partial charge in [0.2, 0.25) is 0 Å². The zero-order valence-electron chi connectivity index (χ0n) is 78.1. The summed E-state index contributed by atoms with van der Waals surface area (Å²) in [6.07, 6.45) is 107. The number of unbranched alkanes of at least 4 members (excludes halogenated alkanes) is 64. The van der Waals surface area contributed by atoms with E-state index >= 15 is 0 Å². The van der Waals surface area contributed by atoms with E-state index in [1.165, 1.54) is 372 Å². The monoisotopic (exact) mass is 1760 g/mol. The van der Waals surface area contributed by atoms with Crippen molar-refractivity contribution >= 4 is 81.9 Å². The maximum atomic E-state index is 13.0. The van der Waals surface area contributed by atoms with Crippen LogP contribution in [0.5, 0.6) is 0 Å². The van der Waals surface area contributed by atoms with E-state index in [0.717, 1.165) is 101 Å². The van der Waals surface area contributed by atoms with Gasteiger partial charge < -0.3 is 28.1 Å². The summed E-state index contributed by atoms with van der Waals surface area (Å²) in [5, 5.41) is 0. The van der Waals surface area contributed by atoms with Gasteiger partial charge in [0, 0.05) is 0 Å². The van der Waals surface area contributed by atoms with Gasteiger partial charge in [0.05, 0.1) is 58.5 Å². The molecule has 0 unspecified atom stereocenters. The van der Waals surface area contributed by atoms with Crippen LogP contribution in [-0.4, -0.2) is 114 Å². The molecular weight excluding hydrogens is 1580 g/mol. The van der Waals surface area contributed by atoms with Crippen molar-refractivity contribution in [2.24, 2.45) is 0 Å². The van der Waals surface area contributed by atoms with E-state index in [1.54, 1.807) is 0 Å². The molecule has 2 rings (SSSR count). The molecule has 0 amide bonds. The predicted molar refractivity (Wildman–Crippen MR) is 507 cm³/mol. The molecule has 17 heteroatoms. The molecule has 0 N–H and O–H groups in total. The van der Waals surface area contributed by atoms with Crippen LogP contribution in [0.25, 0.3) is 0 Å².